The fraction of sp³-hybridized carbons (Fsp3) is 0.258. The summed E-state index contributed by atoms with van der Waals surface area (Å²) in [5, 5.41) is 35.5. The Labute approximate surface area is 241 Å². The Morgan fingerprint density at radius 2 is 1.31 bits per heavy atom. The number of methoxy groups -OCH3 is 2. The maximum atomic E-state index is 12.4. The Morgan fingerprint density at radius 3 is 1.79 bits per heavy atom. The van der Waals surface area contributed by atoms with E-state index in [4.69, 9.17) is 19.9 Å². The quantitative estimate of drug-likeness (QED) is 0.161. The first-order valence-electron chi connectivity index (χ1n) is 13.3. The van der Waals surface area contributed by atoms with Crippen LogP contribution in [-0.2, 0) is 25.4 Å². The summed E-state index contributed by atoms with van der Waals surface area (Å²) in [6.07, 6.45) is -2.32. The van der Waals surface area contributed by atoms with Crippen molar-refractivity contribution in [3.05, 3.63) is 120 Å². The van der Waals surface area contributed by atoms with Gasteiger partial charge in [-0.05, 0) is 16.7 Å². The molecule has 6 rings (SSSR count). The average Bonchev–Trinajstić information content (AvgIpc) is 3.60. The summed E-state index contributed by atoms with van der Waals surface area (Å²) < 4.78 is 19.0. The Kier molecular flexibility index (Phi) is 7.01. The van der Waals surface area contributed by atoms with Crippen LogP contribution >= 0.6 is 0 Å². The van der Waals surface area contributed by atoms with Gasteiger partial charge in [-0.1, -0.05) is 91.0 Å². The lowest BCUT2D eigenvalue weighted by Crippen LogP contribution is -2.61. The third-order valence-corrected chi connectivity index (χ3v) is 8.16. The number of ether oxygens (including phenoxy) is 3. The van der Waals surface area contributed by atoms with E-state index in [1.807, 2.05) is 91.0 Å². The van der Waals surface area contributed by atoms with Crippen LogP contribution in [0.2, 0.25) is 0 Å². The van der Waals surface area contributed by atoms with Gasteiger partial charge in [0.05, 0.1) is 11.7 Å². The molecule has 0 aliphatic carbocycles. The molecular weight excluding hydrogens is 538 g/mol. The minimum absolute atomic E-state index is 0.119. The molecular formula is C31H31N5O6. The number of hydrogen-bond acceptors (Lipinski definition) is 10. The van der Waals surface area contributed by atoms with Gasteiger partial charge in [0.15, 0.2) is 23.3 Å². The molecule has 0 spiro atoms. The van der Waals surface area contributed by atoms with Crippen LogP contribution in [-0.4, -0.2) is 73.3 Å². The van der Waals surface area contributed by atoms with Crippen LogP contribution in [0, 0.1) is 0 Å². The van der Waals surface area contributed by atoms with Crippen molar-refractivity contribution >= 4 is 17.0 Å². The predicted molar refractivity (Wildman–Crippen MR) is 153 cm³/mol. The molecule has 5 N–H and O–H groups in total. The molecule has 1 saturated heterocycles. The van der Waals surface area contributed by atoms with Crippen LogP contribution in [0.25, 0.3) is 11.2 Å². The first-order valence-corrected chi connectivity index (χ1v) is 13.3. The van der Waals surface area contributed by atoms with Gasteiger partial charge in [0.25, 0.3) is 0 Å². The van der Waals surface area contributed by atoms with Crippen LogP contribution in [0.3, 0.4) is 0 Å². The molecule has 2 aromatic heterocycles. The number of nitrogen functional groups attached to an aromatic ring is 1. The number of nitrogens with zero attached hydrogens (tertiary/aromatic N) is 4. The Bertz CT molecular complexity index is 1570. The number of nitrogens with two attached hydrogens (primary N) is 1. The van der Waals surface area contributed by atoms with Gasteiger partial charge in [-0.25, -0.2) is 15.0 Å². The third kappa shape index (κ3) is 3.79. The van der Waals surface area contributed by atoms with Crippen molar-refractivity contribution < 1.29 is 29.5 Å². The predicted octanol–water partition coefficient (Wildman–Crippen LogP) is 2.16. The highest BCUT2D eigenvalue weighted by molar-refractivity contribution is 5.81. The van der Waals surface area contributed by atoms with Gasteiger partial charge in [0.1, 0.15) is 24.1 Å². The van der Waals surface area contributed by atoms with Gasteiger partial charge in [0.2, 0.25) is 0 Å². The number of fused-ring (bicyclic) bond motifs is 1. The smallest absolute Gasteiger partial charge is 0.310 e. The molecule has 0 unspecified atom stereocenters. The van der Waals surface area contributed by atoms with Crippen molar-refractivity contribution in [2.24, 2.45) is 0 Å². The Morgan fingerprint density at radius 1 is 0.810 bits per heavy atom. The number of aromatic nitrogens is 4. The van der Waals surface area contributed by atoms with E-state index in [9.17, 15) is 15.3 Å². The standard InChI is InChI=1S/C31H31N5O6/c1-40-31(39,41-2)26-24(37)25(38)30(42-26,36-19-35-23-27(32)33-18-34-28(23)36)29(20-12-6-3-7-13-20,21-14-8-4-9-15-21)22-16-10-5-11-17-22/h3-19,24-26,37-39H,1-2H3,(H2,32,33,34)/t24-,25+,26-,30-/m0/s1. The first kappa shape index (κ1) is 27.9. The van der Waals surface area contributed by atoms with Crippen LogP contribution in [0.5, 0.6) is 0 Å². The fourth-order valence-electron chi connectivity index (χ4n) is 6.31. The van der Waals surface area contributed by atoms with E-state index in [-0.39, 0.29) is 17.0 Å². The second-order valence-electron chi connectivity index (χ2n) is 10.1. The van der Waals surface area contributed by atoms with Crippen molar-refractivity contribution in [3.63, 3.8) is 0 Å². The zero-order valence-electron chi connectivity index (χ0n) is 23.0. The summed E-state index contributed by atoms with van der Waals surface area (Å²) in [6, 6.07) is 28.4. The van der Waals surface area contributed by atoms with Crippen molar-refractivity contribution in [1.29, 1.82) is 0 Å². The molecule has 0 radical (unpaired) electrons. The first-order chi connectivity index (χ1) is 20.3. The topological polar surface area (TPSA) is 158 Å². The lowest BCUT2D eigenvalue weighted by molar-refractivity contribution is -0.396. The molecule has 11 nitrogen and oxygen atoms in total. The van der Waals surface area contributed by atoms with Crippen LogP contribution in [0.15, 0.2) is 104 Å². The van der Waals surface area contributed by atoms with Gasteiger partial charge < -0.3 is 35.3 Å². The lowest BCUT2D eigenvalue weighted by atomic mass is 9.60. The number of imidazole rings is 1. The second-order valence-corrected chi connectivity index (χ2v) is 10.1. The fourth-order valence-corrected chi connectivity index (χ4v) is 6.31. The van der Waals surface area contributed by atoms with E-state index in [0.717, 1.165) is 0 Å². The number of anilines is 1. The van der Waals surface area contributed by atoms with Crippen LogP contribution in [0.4, 0.5) is 5.82 Å². The number of rotatable bonds is 8. The molecule has 5 aromatic rings. The number of aliphatic hydroxyl groups is 3. The van der Waals surface area contributed by atoms with Gasteiger partial charge >= 0.3 is 5.97 Å². The summed E-state index contributed by atoms with van der Waals surface area (Å²) >= 11 is 0. The van der Waals surface area contributed by atoms with Crippen molar-refractivity contribution in [1.82, 2.24) is 19.5 Å². The van der Waals surface area contributed by atoms with E-state index >= 15 is 0 Å². The highest BCUT2D eigenvalue weighted by atomic mass is 16.8. The molecule has 0 amide bonds. The molecule has 216 valence electrons. The normalized spacial score (nSPS) is 22.9. The maximum Gasteiger partial charge on any atom is 0.310 e. The van der Waals surface area contributed by atoms with E-state index in [0.29, 0.717) is 16.7 Å². The van der Waals surface area contributed by atoms with Crippen molar-refractivity contribution in [2.75, 3.05) is 20.0 Å². The van der Waals surface area contributed by atoms with Crippen LogP contribution in [0.1, 0.15) is 16.7 Å². The van der Waals surface area contributed by atoms with Gasteiger partial charge in [-0.15, -0.1) is 0 Å². The molecule has 4 atom stereocenters. The van der Waals surface area contributed by atoms with Gasteiger partial charge in [-0.2, -0.15) is 0 Å². The van der Waals surface area contributed by atoms with Gasteiger partial charge in [0, 0.05) is 14.2 Å². The van der Waals surface area contributed by atoms with Crippen molar-refractivity contribution in [2.45, 2.75) is 35.4 Å². The third-order valence-electron chi connectivity index (χ3n) is 8.16. The lowest BCUT2D eigenvalue weighted by Gasteiger charge is -2.51. The SMILES string of the molecule is COC(O)(OC)[C@H]1O[C@](n2cnc3c(N)ncnc32)(C(c2ccccc2)(c2ccccc2)c2ccccc2)[C@H](O)[C@@H]1O. The molecule has 3 aromatic carbocycles. The number of hydrogen-bond donors (Lipinski definition) is 4. The largest absolute Gasteiger partial charge is 0.387 e. The number of benzene rings is 3. The highest BCUT2D eigenvalue weighted by Crippen LogP contribution is 2.58. The van der Waals surface area contributed by atoms with E-state index in [1.54, 1.807) is 4.57 Å². The summed E-state index contributed by atoms with van der Waals surface area (Å²) in [5.41, 5.74) is 5.41. The zero-order chi connectivity index (χ0) is 29.5. The zero-order valence-corrected chi connectivity index (χ0v) is 23.0. The molecule has 0 bridgehead atoms. The monoisotopic (exact) mass is 569 g/mol. The minimum Gasteiger partial charge on any atom is -0.387 e. The number of aliphatic hydroxyl groups excluding tert-OH is 2. The summed E-state index contributed by atoms with van der Waals surface area (Å²) in [4.78, 5) is 13.1. The molecule has 1 fully saturated rings. The van der Waals surface area contributed by atoms with Crippen molar-refractivity contribution in [3.8, 4) is 0 Å². The van der Waals surface area contributed by atoms with E-state index < -0.39 is 35.4 Å². The molecule has 1 aliphatic rings. The van der Waals surface area contributed by atoms with E-state index in [1.165, 1.54) is 26.9 Å². The Balaban J connectivity index is 1.83. The summed E-state index contributed by atoms with van der Waals surface area (Å²) in [5.74, 6) is -2.32. The summed E-state index contributed by atoms with van der Waals surface area (Å²) in [7, 11) is 2.43. The molecule has 11 heteroatoms. The second kappa shape index (κ2) is 10.6. The molecule has 42 heavy (non-hydrogen) atoms. The minimum atomic E-state index is -2.44. The summed E-state index contributed by atoms with van der Waals surface area (Å²) in [6.45, 7) is 0. The average molecular weight is 570 g/mol. The van der Waals surface area contributed by atoms with E-state index in [2.05, 4.69) is 15.0 Å². The molecule has 0 saturated carbocycles. The van der Waals surface area contributed by atoms with Gasteiger partial charge in [-0.3, -0.25) is 4.57 Å². The molecule has 1 aliphatic heterocycles. The Hall–Kier alpha value is -4.23. The van der Waals surface area contributed by atoms with Crippen LogP contribution < -0.4 is 5.73 Å². The maximum absolute atomic E-state index is 12.4. The highest BCUT2D eigenvalue weighted by Gasteiger charge is 2.71. The molecule has 3 heterocycles.